The lowest BCUT2D eigenvalue weighted by molar-refractivity contribution is 0.760. The molecule has 2 aromatic rings. The summed E-state index contributed by atoms with van der Waals surface area (Å²) in [5.41, 5.74) is 2.04. The monoisotopic (exact) mass is 305 g/mol. The number of hydrogen-bond acceptors (Lipinski definition) is 3. The SMILES string of the molecule is Cl.Cl.Clc1cnc2ncc(C3CCNC3)cc2c1. The van der Waals surface area contributed by atoms with Crippen molar-refractivity contribution in [3.05, 3.63) is 35.1 Å². The summed E-state index contributed by atoms with van der Waals surface area (Å²) in [4.78, 5) is 8.56. The van der Waals surface area contributed by atoms with E-state index in [9.17, 15) is 0 Å². The van der Waals surface area contributed by atoms with Gasteiger partial charge in [-0.3, -0.25) is 0 Å². The van der Waals surface area contributed by atoms with Crippen molar-refractivity contribution in [3.8, 4) is 0 Å². The number of pyridine rings is 2. The summed E-state index contributed by atoms with van der Waals surface area (Å²) >= 11 is 5.93. The standard InChI is InChI=1S/C12H12ClN3.2ClH/c13-11-4-9-3-10(8-1-2-14-5-8)6-15-12(9)16-7-11;;/h3-4,6-8,14H,1-2,5H2;2*1H. The van der Waals surface area contributed by atoms with E-state index in [1.165, 1.54) is 12.0 Å². The molecule has 1 saturated heterocycles. The van der Waals surface area contributed by atoms with Crippen LogP contribution in [-0.4, -0.2) is 23.1 Å². The molecule has 1 fully saturated rings. The first-order valence-corrected chi connectivity index (χ1v) is 5.82. The average Bonchev–Trinajstić information content (AvgIpc) is 2.81. The fourth-order valence-corrected chi connectivity index (χ4v) is 2.34. The largest absolute Gasteiger partial charge is 0.316 e. The van der Waals surface area contributed by atoms with Gasteiger partial charge in [-0.2, -0.15) is 0 Å². The summed E-state index contributed by atoms with van der Waals surface area (Å²) < 4.78 is 0. The van der Waals surface area contributed by atoms with Crippen LogP contribution < -0.4 is 5.32 Å². The number of hydrogen-bond donors (Lipinski definition) is 1. The smallest absolute Gasteiger partial charge is 0.159 e. The van der Waals surface area contributed by atoms with E-state index in [0.29, 0.717) is 10.9 Å². The van der Waals surface area contributed by atoms with Gasteiger partial charge in [0.05, 0.1) is 5.02 Å². The quantitative estimate of drug-likeness (QED) is 0.879. The lowest BCUT2D eigenvalue weighted by Gasteiger charge is -2.08. The minimum absolute atomic E-state index is 0. The molecule has 0 radical (unpaired) electrons. The molecule has 0 spiro atoms. The van der Waals surface area contributed by atoms with Crippen molar-refractivity contribution in [2.75, 3.05) is 13.1 Å². The molecule has 3 nitrogen and oxygen atoms in total. The van der Waals surface area contributed by atoms with Crippen molar-refractivity contribution in [1.82, 2.24) is 15.3 Å². The average molecular weight is 307 g/mol. The van der Waals surface area contributed by atoms with Crippen molar-refractivity contribution in [2.45, 2.75) is 12.3 Å². The molecular formula is C12H14Cl3N3. The molecule has 0 aromatic carbocycles. The highest BCUT2D eigenvalue weighted by atomic mass is 35.5. The van der Waals surface area contributed by atoms with E-state index in [-0.39, 0.29) is 24.8 Å². The highest BCUT2D eigenvalue weighted by Gasteiger charge is 2.17. The molecule has 0 aliphatic carbocycles. The molecule has 1 aliphatic rings. The highest BCUT2D eigenvalue weighted by molar-refractivity contribution is 6.31. The molecule has 2 aromatic heterocycles. The topological polar surface area (TPSA) is 37.8 Å². The molecule has 0 bridgehead atoms. The van der Waals surface area contributed by atoms with Crippen LogP contribution in [0.4, 0.5) is 0 Å². The van der Waals surface area contributed by atoms with E-state index in [0.717, 1.165) is 24.1 Å². The summed E-state index contributed by atoms with van der Waals surface area (Å²) in [7, 11) is 0. The van der Waals surface area contributed by atoms with Crippen LogP contribution in [0, 0.1) is 0 Å². The number of aromatic nitrogens is 2. The Morgan fingerprint density at radius 3 is 2.67 bits per heavy atom. The minimum atomic E-state index is 0. The first-order chi connectivity index (χ1) is 7.83. The van der Waals surface area contributed by atoms with Crippen LogP contribution in [0.2, 0.25) is 5.02 Å². The number of halogens is 3. The van der Waals surface area contributed by atoms with Gasteiger partial charge in [-0.1, -0.05) is 11.6 Å². The predicted molar refractivity (Wildman–Crippen MR) is 79.3 cm³/mol. The molecule has 1 N–H and O–H groups in total. The van der Waals surface area contributed by atoms with Crippen LogP contribution in [0.15, 0.2) is 24.5 Å². The number of rotatable bonds is 1. The molecule has 18 heavy (non-hydrogen) atoms. The minimum Gasteiger partial charge on any atom is -0.316 e. The third-order valence-corrected chi connectivity index (χ3v) is 3.26. The molecule has 0 amide bonds. The van der Waals surface area contributed by atoms with Crippen LogP contribution in [0.25, 0.3) is 11.0 Å². The van der Waals surface area contributed by atoms with Crippen molar-refractivity contribution in [3.63, 3.8) is 0 Å². The Hall–Kier alpha value is -0.610. The van der Waals surface area contributed by atoms with E-state index in [1.807, 2.05) is 12.3 Å². The number of nitrogens with zero attached hydrogens (tertiary/aromatic N) is 2. The Kier molecular flexibility index (Phi) is 5.60. The first-order valence-electron chi connectivity index (χ1n) is 5.45. The lowest BCUT2D eigenvalue weighted by atomic mass is 9.99. The van der Waals surface area contributed by atoms with Crippen LogP contribution in [0.3, 0.4) is 0 Å². The zero-order valence-electron chi connectivity index (χ0n) is 9.60. The summed E-state index contributed by atoms with van der Waals surface area (Å²) in [6.45, 7) is 2.14. The molecule has 3 rings (SSSR count). The number of nitrogens with one attached hydrogen (secondary N) is 1. The summed E-state index contributed by atoms with van der Waals surface area (Å²) in [5, 5.41) is 5.05. The van der Waals surface area contributed by atoms with Crippen molar-refractivity contribution in [1.29, 1.82) is 0 Å². The van der Waals surface area contributed by atoms with Crippen molar-refractivity contribution in [2.24, 2.45) is 0 Å². The molecule has 1 atom stereocenters. The maximum atomic E-state index is 5.93. The Balaban J connectivity index is 0.000000810. The summed E-state index contributed by atoms with van der Waals surface area (Å²) in [6, 6.07) is 4.07. The van der Waals surface area contributed by atoms with E-state index >= 15 is 0 Å². The van der Waals surface area contributed by atoms with Gasteiger partial charge < -0.3 is 5.32 Å². The third-order valence-electron chi connectivity index (χ3n) is 3.05. The first kappa shape index (κ1) is 15.4. The van der Waals surface area contributed by atoms with Crippen LogP contribution in [-0.2, 0) is 0 Å². The van der Waals surface area contributed by atoms with Gasteiger partial charge >= 0.3 is 0 Å². The molecule has 98 valence electrons. The maximum absolute atomic E-state index is 5.93. The third kappa shape index (κ3) is 3.04. The summed E-state index contributed by atoms with van der Waals surface area (Å²) in [5.74, 6) is 0.580. The Bertz CT molecular complexity index is 527. The fourth-order valence-electron chi connectivity index (χ4n) is 2.18. The van der Waals surface area contributed by atoms with Gasteiger partial charge in [-0.15, -0.1) is 24.8 Å². The van der Waals surface area contributed by atoms with E-state index in [1.54, 1.807) is 6.20 Å². The van der Waals surface area contributed by atoms with Gasteiger partial charge in [0.1, 0.15) is 0 Å². The van der Waals surface area contributed by atoms with E-state index in [2.05, 4.69) is 21.4 Å². The lowest BCUT2D eigenvalue weighted by Crippen LogP contribution is -2.08. The number of fused-ring (bicyclic) bond motifs is 1. The Morgan fingerprint density at radius 2 is 1.94 bits per heavy atom. The van der Waals surface area contributed by atoms with Crippen molar-refractivity contribution < 1.29 is 0 Å². The van der Waals surface area contributed by atoms with Crippen LogP contribution in [0.5, 0.6) is 0 Å². The van der Waals surface area contributed by atoms with Gasteiger partial charge in [0, 0.05) is 24.3 Å². The molecule has 1 unspecified atom stereocenters. The maximum Gasteiger partial charge on any atom is 0.159 e. The molecule has 6 heteroatoms. The van der Waals surface area contributed by atoms with Crippen LogP contribution in [0.1, 0.15) is 17.9 Å². The fraction of sp³-hybridized carbons (Fsp3) is 0.333. The molecular weight excluding hydrogens is 293 g/mol. The Morgan fingerprint density at radius 1 is 1.17 bits per heavy atom. The Labute approximate surface area is 123 Å². The van der Waals surface area contributed by atoms with Gasteiger partial charge in [0.2, 0.25) is 0 Å². The van der Waals surface area contributed by atoms with Gasteiger partial charge in [-0.05, 0) is 36.6 Å². The highest BCUT2D eigenvalue weighted by Crippen LogP contribution is 2.24. The zero-order valence-corrected chi connectivity index (χ0v) is 12.0. The molecule has 3 heterocycles. The van der Waals surface area contributed by atoms with Gasteiger partial charge in [0.15, 0.2) is 5.65 Å². The van der Waals surface area contributed by atoms with E-state index in [4.69, 9.17) is 11.6 Å². The molecule has 0 saturated carbocycles. The normalized spacial score (nSPS) is 18.2. The summed E-state index contributed by atoms with van der Waals surface area (Å²) in [6.07, 6.45) is 4.75. The van der Waals surface area contributed by atoms with Gasteiger partial charge in [0.25, 0.3) is 0 Å². The second-order valence-electron chi connectivity index (χ2n) is 4.16. The second-order valence-corrected chi connectivity index (χ2v) is 4.60. The zero-order chi connectivity index (χ0) is 11.0. The van der Waals surface area contributed by atoms with Gasteiger partial charge in [-0.25, -0.2) is 9.97 Å². The van der Waals surface area contributed by atoms with E-state index < -0.39 is 0 Å². The van der Waals surface area contributed by atoms with Crippen molar-refractivity contribution >= 4 is 47.4 Å². The predicted octanol–water partition coefficient (Wildman–Crippen LogP) is 3.20. The molecule has 1 aliphatic heterocycles. The van der Waals surface area contributed by atoms with Crippen LogP contribution >= 0.6 is 36.4 Å². The second kappa shape index (κ2) is 6.53.